The van der Waals surface area contributed by atoms with Crippen LogP contribution in [0, 0.1) is 6.92 Å². The number of aryl methyl sites for hydroxylation is 1. The molecule has 0 fully saturated rings. The molecule has 0 spiro atoms. The first-order chi connectivity index (χ1) is 13.7. The average molecular weight is 399 g/mol. The van der Waals surface area contributed by atoms with Crippen LogP contribution in [0.3, 0.4) is 0 Å². The number of aromatic nitrogens is 2. The van der Waals surface area contributed by atoms with Crippen LogP contribution in [-0.4, -0.2) is 45.3 Å². The second-order valence-electron chi connectivity index (χ2n) is 8.68. The summed E-state index contributed by atoms with van der Waals surface area (Å²) >= 11 is 0. The van der Waals surface area contributed by atoms with Gasteiger partial charge in [-0.1, -0.05) is 29.8 Å². The first-order valence-corrected chi connectivity index (χ1v) is 10.0. The summed E-state index contributed by atoms with van der Waals surface area (Å²) in [7, 11) is 0. The van der Waals surface area contributed by atoms with Crippen LogP contribution in [0.15, 0.2) is 30.5 Å². The van der Waals surface area contributed by atoms with Crippen LogP contribution < -0.4 is 5.32 Å². The highest BCUT2D eigenvalue weighted by atomic mass is 16.6. The molecule has 2 heterocycles. The number of benzene rings is 1. The molecule has 1 atom stereocenters. The summed E-state index contributed by atoms with van der Waals surface area (Å²) in [5, 5.41) is 9.93. The van der Waals surface area contributed by atoms with Gasteiger partial charge in [-0.05, 0) is 39.7 Å². The fraction of sp³-hybridized carbons (Fsp3) is 0.500. The fourth-order valence-corrected chi connectivity index (χ4v) is 3.43. The molecular weight excluding hydrogens is 368 g/mol. The third kappa shape index (κ3) is 6.07. The van der Waals surface area contributed by atoms with E-state index >= 15 is 0 Å². The molecule has 2 amide bonds. The molecule has 7 heteroatoms. The van der Waals surface area contributed by atoms with Gasteiger partial charge < -0.3 is 15.0 Å². The number of rotatable bonds is 5. The Bertz CT molecular complexity index is 852. The lowest BCUT2D eigenvalue weighted by molar-refractivity contribution is -0.132. The second-order valence-corrected chi connectivity index (χ2v) is 8.68. The van der Waals surface area contributed by atoms with Gasteiger partial charge in [-0.25, -0.2) is 4.79 Å². The van der Waals surface area contributed by atoms with Crippen molar-refractivity contribution in [3.63, 3.8) is 0 Å². The molecule has 1 unspecified atom stereocenters. The van der Waals surface area contributed by atoms with E-state index in [-0.39, 0.29) is 18.4 Å². The highest BCUT2D eigenvalue weighted by molar-refractivity contribution is 5.78. The molecular formula is C22H30N4O3. The molecule has 1 aromatic heterocycles. The number of H-pyrrole nitrogens is 1. The Labute approximate surface area is 171 Å². The van der Waals surface area contributed by atoms with Crippen molar-refractivity contribution in [2.24, 2.45) is 0 Å². The van der Waals surface area contributed by atoms with Crippen LogP contribution in [0.4, 0.5) is 4.79 Å². The van der Waals surface area contributed by atoms with E-state index in [1.165, 1.54) is 5.56 Å². The maximum atomic E-state index is 13.0. The SMILES string of the molecule is Cc1ccc(CC(CC(=O)N2CCc3[nH]ncc3C2)NC(=O)OC(C)(C)C)cc1. The van der Waals surface area contributed by atoms with Gasteiger partial charge in [0.15, 0.2) is 0 Å². The third-order valence-corrected chi connectivity index (χ3v) is 4.90. The standard InChI is InChI=1S/C22H30N4O3/c1-15-5-7-16(8-6-15)11-18(24-21(28)29-22(2,3)4)12-20(27)26-10-9-19-17(14-26)13-23-25-19/h5-8,13,18H,9-12,14H2,1-4H3,(H,23,25)(H,24,28). The summed E-state index contributed by atoms with van der Waals surface area (Å²) in [4.78, 5) is 27.1. The largest absolute Gasteiger partial charge is 0.444 e. The average Bonchev–Trinajstić information content (AvgIpc) is 3.09. The predicted octanol–water partition coefficient (Wildman–Crippen LogP) is 3.13. The molecule has 0 bridgehead atoms. The van der Waals surface area contributed by atoms with Crippen molar-refractivity contribution in [2.45, 2.75) is 65.1 Å². The summed E-state index contributed by atoms with van der Waals surface area (Å²) in [6.07, 6.45) is 2.83. The zero-order valence-corrected chi connectivity index (χ0v) is 17.6. The third-order valence-electron chi connectivity index (χ3n) is 4.90. The lowest BCUT2D eigenvalue weighted by Gasteiger charge is -2.29. The molecule has 0 saturated heterocycles. The smallest absolute Gasteiger partial charge is 0.407 e. The predicted molar refractivity (Wildman–Crippen MR) is 110 cm³/mol. The summed E-state index contributed by atoms with van der Waals surface area (Å²) in [5.74, 6) is 0.0185. The zero-order chi connectivity index (χ0) is 21.0. The van der Waals surface area contributed by atoms with Gasteiger partial charge in [0, 0.05) is 43.2 Å². The maximum Gasteiger partial charge on any atom is 0.407 e. The van der Waals surface area contributed by atoms with E-state index in [0.29, 0.717) is 19.5 Å². The van der Waals surface area contributed by atoms with E-state index in [1.54, 1.807) is 6.20 Å². The van der Waals surface area contributed by atoms with E-state index in [9.17, 15) is 9.59 Å². The van der Waals surface area contributed by atoms with E-state index in [1.807, 2.05) is 56.9 Å². The number of hydrogen-bond donors (Lipinski definition) is 2. The molecule has 0 radical (unpaired) electrons. The highest BCUT2D eigenvalue weighted by Crippen LogP contribution is 2.18. The van der Waals surface area contributed by atoms with E-state index in [0.717, 1.165) is 23.2 Å². The van der Waals surface area contributed by atoms with Gasteiger partial charge in [0.05, 0.1) is 6.20 Å². The molecule has 0 saturated carbocycles. The van der Waals surface area contributed by atoms with Gasteiger partial charge in [-0.3, -0.25) is 9.89 Å². The zero-order valence-electron chi connectivity index (χ0n) is 17.6. The van der Waals surface area contributed by atoms with Crippen molar-refractivity contribution >= 4 is 12.0 Å². The lowest BCUT2D eigenvalue weighted by atomic mass is 10.0. The van der Waals surface area contributed by atoms with Crippen LogP contribution in [0.2, 0.25) is 0 Å². The van der Waals surface area contributed by atoms with Gasteiger partial charge in [0.1, 0.15) is 5.60 Å². The van der Waals surface area contributed by atoms with Crippen molar-refractivity contribution in [1.82, 2.24) is 20.4 Å². The van der Waals surface area contributed by atoms with E-state index in [2.05, 4.69) is 15.5 Å². The minimum Gasteiger partial charge on any atom is -0.444 e. The molecule has 7 nitrogen and oxygen atoms in total. The van der Waals surface area contributed by atoms with Crippen molar-refractivity contribution in [1.29, 1.82) is 0 Å². The van der Waals surface area contributed by atoms with Crippen molar-refractivity contribution in [3.05, 3.63) is 52.8 Å². The Morgan fingerprint density at radius 2 is 2.00 bits per heavy atom. The van der Waals surface area contributed by atoms with Gasteiger partial charge in [-0.2, -0.15) is 5.10 Å². The number of ether oxygens (including phenoxy) is 1. The van der Waals surface area contributed by atoms with Crippen LogP contribution in [0.1, 0.15) is 49.6 Å². The molecule has 0 aliphatic carbocycles. The molecule has 156 valence electrons. The Balaban J connectivity index is 1.67. The van der Waals surface area contributed by atoms with Gasteiger partial charge in [0.25, 0.3) is 0 Å². The minimum atomic E-state index is -0.590. The highest BCUT2D eigenvalue weighted by Gasteiger charge is 2.26. The summed E-state index contributed by atoms with van der Waals surface area (Å²) in [6.45, 7) is 8.70. The molecule has 2 N–H and O–H groups in total. The van der Waals surface area contributed by atoms with Crippen LogP contribution in [0.25, 0.3) is 0 Å². The van der Waals surface area contributed by atoms with Crippen molar-refractivity contribution in [3.8, 4) is 0 Å². The van der Waals surface area contributed by atoms with E-state index < -0.39 is 11.7 Å². The number of alkyl carbamates (subject to hydrolysis) is 1. The second kappa shape index (κ2) is 8.68. The Morgan fingerprint density at radius 1 is 1.28 bits per heavy atom. The quantitative estimate of drug-likeness (QED) is 0.810. The molecule has 29 heavy (non-hydrogen) atoms. The summed E-state index contributed by atoms with van der Waals surface area (Å²) in [5.41, 5.74) is 3.80. The number of nitrogens with one attached hydrogen (secondary N) is 2. The molecule has 1 aliphatic heterocycles. The van der Waals surface area contributed by atoms with E-state index in [4.69, 9.17) is 4.74 Å². The maximum absolute atomic E-state index is 13.0. The number of nitrogens with zero attached hydrogens (tertiary/aromatic N) is 2. The van der Waals surface area contributed by atoms with Gasteiger partial charge in [-0.15, -0.1) is 0 Å². The number of carbonyl (C=O) groups is 2. The van der Waals surface area contributed by atoms with Crippen molar-refractivity contribution in [2.75, 3.05) is 6.54 Å². The molecule has 1 aromatic carbocycles. The number of carbonyl (C=O) groups excluding carboxylic acids is 2. The summed E-state index contributed by atoms with van der Waals surface area (Å²) in [6, 6.07) is 7.79. The monoisotopic (exact) mass is 398 g/mol. The molecule has 2 aromatic rings. The number of hydrogen-bond acceptors (Lipinski definition) is 4. The Morgan fingerprint density at radius 3 is 2.69 bits per heavy atom. The first-order valence-electron chi connectivity index (χ1n) is 10.0. The fourth-order valence-electron chi connectivity index (χ4n) is 3.43. The topological polar surface area (TPSA) is 87.3 Å². The van der Waals surface area contributed by atoms with Gasteiger partial charge >= 0.3 is 6.09 Å². The Kier molecular flexibility index (Phi) is 6.25. The molecule has 3 rings (SSSR count). The van der Waals surface area contributed by atoms with Crippen LogP contribution >= 0.6 is 0 Å². The number of aromatic amines is 1. The first kappa shape index (κ1) is 20.9. The van der Waals surface area contributed by atoms with Crippen LogP contribution in [0.5, 0.6) is 0 Å². The normalized spacial score (nSPS) is 14.8. The number of amides is 2. The molecule has 1 aliphatic rings. The number of fused-ring (bicyclic) bond motifs is 1. The van der Waals surface area contributed by atoms with Crippen molar-refractivity contribution < 1.29 is 14.3 Å². The minimum absolute atomic E-state index is 0.0185. The van der Waals surface area contributed by atoms with Gasteiger partial charge in [0.2, 0.25) is 5.91 Å². The van der Waals surface area contributed by atoms with Crippen LogP contribution in [-0.2, 0) is 28.9 Å². The lowest BCUT2D eigenvalue weighted by Crippen LogP contribution is -2.44. The summed E-state index contributed by atoms with van der Waals surface area (Å²) < 4.78 is 5.40. The Hall–Kier alpha value is -2.83.